The first-order valence-electron chi connectivity index (χ1n) is 9.73. The van der Waals surface area contributed by atoms with Gasteiger partial charge in [0.15, 0.2) is 5.82 Å². The molecule has 3 N–H and O–H groups in total. The summed E-state index contributed by atoms with van der Waals surface area (Å²) >= 11 is 0. The molecule has 1 aliphatic carbocycles. The summed E-state index contributed by atoms with van der Waals surface area (Å²) in [6, 6.07) is 1.95. The average Bonchev–Trinajstić information content (AvgIpc) is 3.34. The lowest BCUT2D eigenvalue weighted by Crippen LogP contribution is -2.44. The molecule has 0 amide bonds. The molecule has 3 aliphatic rings. The van der Waals surface area contributed by atoms with E-state index in [0.29, 0.717) is 23.6 Å². The van der Waals surface area contributed by atoms with Crippen LogP contribution in [0.15, 0.2) is 6.07 Å². The van der Waals surface area contributed by atoms with Crippen molar-refractivity contribution in [2.24, 2.45) is 0 Å². The Balaban J connectivity index is 1.43. The molecular weight excluding hydrogens is 368 g/mol. The van der Waals surface area contributed by atoms with Gasteiger partial charge in [-0.3, -0.25) is 5.10 Å². The number of aromatic amines is 1. The fourth-order valence-corrected chi connectivity index (χ4v) is 3.58. The predicted octanol–water partition coefficient (Wildman–Crippen LogP) is 1.47. The number of aromatic nitrogens is 5. The fourth-order valence-electron chi connectivity index (χ4n) is 3.58. The van der Waals surface area contributed by atoms with E-state index in [9.17, 15) is 8.78 Å². The van der Waals surface area contributed by atoms with Crippen LogP contribution in [0.3, 0.4) is 0 Å². The molecule has 0 bridgehead atoms. The minimum absolute atomic E-state index is 0.186. The van der Waals surface area contributed by atoms with Crippen molar-refractivity contribution in [2.75, 3.05) is 54.4 Å². The second-order valence-corrected chi connectivity index (χ2v) is 7.63. The number of alkyl halides is 2. The lowest BCUT2D eigenvalue weighted by Gasteiger charge is -2.28. The zero-order valence-electron chi connectivity index (χ0n) is 15.5. The van der Waals surface area contributed by atoms with Gasteiger partial charge in [0.2, 0.25) is 17.8 Å². The average molecular weight is 391 g/mol. The molecule has 2 aromatic heterocycles. The first kappa shape index (κ1) is 17.5. The van der Waals surface area contributed by atoms with Gasteiger partial charge in [-0.2, -0.15) is 20.1 Å². The van der Waals surface area contributed by atoms with Crippen molar-refractivity contribution in [1.82, 2.24) is 30.5 Å². The topological polar surface area (TPSA) is 97.9 Å². The van der Waals surface area contributed by atoms with Gasteiger partial charge in [0.25, 0.3) is 5.92 Å². The van der Waals surface area contributed by atoms with E-state index in [0.717, 1.165) is 31.9 Å². The number of nitrogens with zero attached hydrogens (tertiary/aromatic N) is 6. The number of piperazine rings is 1. The van der Waals surface area contributed by atoms with Crippen LogP contribution in [-0.4, -0.2) is 70.3 Å². The number of anilines is 4. The Morgan fingerprint density at radius 2 is 1.79 bits per heavy atom. The molecule has 0 radical (unpaired) electrons. The molecule has 2 saturated heterocycles. The minimum atomic E-state index is -2.71. The van der Waals surface area contributed by atoms with Crippen LogP contribution in [0.1, 0.15) is 30.9 Å². The van der Waals surface area contributed by atoms with Crippen molar-refractivity contribution in [3.63, 3.8) is 0 Å². The molecule has 0 unspecified atom stereocenters. The third-order valence-electron chi connectivity index (χ3n) is 5.32. The van der Waals surface area contributed by atoms with Gasteiger partial charge in [-0.15, -0.1) is 0 Å². The summed E-state index contributed by atoms with van der Waals surface area (Å²) in [6.07, 6.45) is 2.16. The van der Waals surface area contributed by atoms with E-state index in [-0.39, 0.29) is 25.5 Å². The van der Waals surface area contributed by atoms with E-state index >= 15 is 0 Å². The van der Waals surface area contributed by atoms with Crippen molar-refractivity contribution >= 4 is 23.7 Å². The van der Waals surface area contributed by atoms with Crippen LogP contribution in [0.2, 0.25) is 0 Å². The second kappa shape index (κ2) is 6.80. The van der Waals surface area contributed by atoms with E-state index in [2.05, 4.69) is 35.8 Å². The highest BCUT2D eigenvalue weighted by Crippen LogP contribution is 2.39. The van der Waals surface area contributed by atoms with E-state index in [4.69, 9.17) is 0 Å². The van der Waals surface area contributed by atoms with Crippen molar-refractivity contribution < 1.29 is 8.78 Å². The normalized spacial score (nSPS) is 21.9. The van der Waals surface area contributed by atoms with E-state index in [1.807, 2.05) is 11.0 Å². The van der Waals surface area contributed by atoms with Crippen molar-refractivity contribution in [1.29, 1.82) is 0 Å². The van der Waals surface area contributed by atoms with Crippen molar-refractivity contribution in [3.8, 4) is 0 Å². The SMILES string of the molecule is FC1(F)CCN(c2nc(Nc3cc(C4CC4)[nH]n3)nc(N3CCNCC3)n2)C1. The molecule has 0 atom stereocenters. The third kappa shape index (κ3) is 3.71. The summed E-state index contributed by atoms with van der Waals surface area (Å²) in [5, 5.41) is 13.7. The summed E-state index contributed by atoms with van der Waals surface area (Å²) in [7, 11) is 0. The largest absolute Gasteiger partial charge is 0.338 e. The monoisotopic (exact) mass is 391 g/mol. The van der Waals surface area contributed by atoms with Gasteiger partial charge in [0, 0.05) is 56.8 Å². The maximum Gasteiger partial charge on any atom is 0.267 e. The Hall–Kier alpha value is -2.56. The smallest absolute Gasteiger partial charge is 0.267 e. The summed E-state index contributed by atoms with van der Waals surface area (Å²) in [5.41, 5.74) is 1.10. The Labute approximate surface area is 160 Å². The standard InChI is InChI=1S/C17H23F2N9/c18-17(19)3-6-28(10-17)16-23-14(21-13-9-12(25-26-13)11-1-2-11)22-15(24-16)27-7-4-20-5-8-27/h9,11,20H,1-8,10H2,(H2,21,22,23,24,25,26). The van der Waals surface area contributed by atoms with Crippen LogP contribution >= 0.6 is 0 Å². The van der Waals surface area contributed by atoms with Gasteiger partial charge in [0.05, 0.1) is 6.54 Å². The molecule has 2 aliphatic heterocycles. The molecule has 4 heterocycles. The van der Waals surface area contributed by atoms with Crippen molar-refractivity contribution in [3.05, 3.63) is 11.8 Å². The number of nitrogens with one attached hydrogen (secondary N) is 3. The van der Waals surface area contributed by atoms with Crippen LogP contribution in [0.25, 0.3) is 0 Å². The molecule has 28 heavy (non-hydrogen) atoms. The maximum atomic E-state index is 13.7. The molecule has 2 aromatic rings. The minimum Gasteiger partial charge on any atom is -0.338 e. The van der Waals surface area contributed by atoms with Gasteiger partial charge in [-0.05, 0) is 12.8 Å². The quantitative estimate of drug-likeness (QED) is 0.705. The number of halogens is 2. The summed E-state index contributed by atoms with van der Waals surface area (Å²) in [5.74, 6) is -0.431. The molecule has 0 spiro atoms. The summed E-state index contributed by atoms with van der Waals surface area (Å²) in [6.45, 7) is 3.03. The maximum absolute atomic E-state index is 13.7. The number of hydrogen-bond donors (Lipinski definition) is 3. The molecule has 0 aromatic carbocycles. The Morgan fingerprint density at radius 3 is 2.46 bits per heavy atom. The first-order valence-corrected chi connectivity index (χ1v) is 9.73. The molecular formula is C17H23F2N9. The Kier molecular flexibility index (Phi) is 4.26. The molecule has 3 fully saturated rings. The van der Waals surface area contributed by atoms with Gasteiger partial charge in [-0.25, -0.2) is 8.78 Å². The fraction of sp³-hybridized carbons (Fsp3) is 0.647. The lowest BCUT2D eigenvalue weighted by molar-refractivity contribution is 0.0256. The van der Waals surface area contributed by atoms with Gasteiger partial charge in [0.1, 0.15) is 0 Å². The summed E-state index contributed by atoms with van der Waals surface area (Å²) in [4.78, 5) is 17.0. The zero-order valence-corrected chi connectivity index (χ0v) is 15.5. The predicted molar refractivity (Wildman–Crippen MR) is 101 cm³/mol. The molecule has 150 valence electrons. The van der Waals surface area contributed by atoms with E-state index < -0.39 is 5.92 Å². The zero-order chi connectivity index (χ0) is 19.1. The summed E-state index contributed by atoms with van der Waals surface area (Å²) < 4.78 is 27.4. The van der Waals surface area contributed by atoms with Gasteiger partial charge >= 0.3 is 0 Å². The highest BCUT2D eigenvalue weighted by molar-refractivity contribution is 5.53. The van der Waals surface area contributed by atoms with E-state index in [1.165, 1.54) is 17.7 Å². The highest BCUT2D eigenvalue weighted by atomic mass is 19.3. The van der Waals surface area contributed by atoms with Crippen LogP contribution in [-0.2, 0) is 0 Å². The number of rotatable bonds is 5. The Bertz CT molecular complexity index is 845. The molecule has 1 saturated carbocycles. The number of hydrogen-bond acceptors (Lipinski definition) is 8. The molecule has 5 rings (SSSR count). The Morgan fingerprint density at radius 1 is 1.04 bits per heavy atom. The van der Waals surface area contributed by atoms with Gasteiger partial charge in [-0.1, -0.05) is 0 Å². The third-order valence-corrected chi connectivity index (χ3v) is 5.32. The van der Waals surface area contributed by atoms with Crippen molar-refractivity contribution in [2.45, 2.75) is 31.1 Å². The lowest BCUT2D eigenvalue weighted by atomic mass is 10.3. The first-order chi connectivity index (χ1) is 13.6. The number of H-pyrrole nitrogens is 1. The van der Waals surface area contributed by atoms with Crippen LogP contribution in [0, 0.1) is 0 Å². The molecule has 11 heteroatoms. The van der Waals surface area contributed by atoms with Crippen LogP contribution < -0.4 is 20.4 Å². The van der Waals surface area contributed by atoms with Crippen LogP contribution in [0.4, 0.5) is 32.4 Å². The highest BCUT2D eigenvalue weighted by Gasteiger charge is 2.39. The van der Waals surface area contributed by atoms with Gasteiger partial charge < -0.3 is 20.4 Å². The van der Waals surface area contributed by atoms with Crippen LogP contribution in [0.5, 0.6) is 0 Å². The molecule has 9 nitrogen and oxygen atoms in total. The van der Waals surface area contributed by atoms with E-state index in [1.54, 1.807) is 0 Å². The second-order valence-electron chi connectivity index (χ2n) is 7.63.